The van der Waals surface area contributed by atoms with Crippen LogP contribution in [-0.4, -0.2) is 41.9 Å². The van der Waals surface area contributed by atoms with Crippen molar-refractivity contribution in [3.63, 3.8) is 0 Å². The summed E-state index contributed by atoms with van der Waals surface area (Å²) in [6.45, 7) is 3.20. The number of nitrogens with zero attached hydrogens (tertiary/aromatic N) is 1. The minimum absolute atomic E-state index is 0.0413. The lowest BCUT2D eigenvalue weighted by atomic mass is 10.0. The fraction of sp³-hybridized carbons (Fsp3) is 0.364. The van der Waals surface area contributed by atoms with Crippen LogP contribution in [0.5, 0.6) is 0 Å². The van der Waals surface area contributed by atoms with Gasteiger partial charge in [-0.15, -0.1) is 0 Å². The molecule has 146 valence electrons. The van der Waals surface area contributed by atoms with Crippen molar-refractivity contribution in [3.8, 4) is 0 Å². The van der Waals surface area contributed by atoms with Crippen molar-refractivity contribution in [2.45, 2.75) is 38.3 Å². The molecule has 2 unspecified atom stereocenters. The average Bonchev–Trinajstić information content (AvgIpc) is 3.02. The number of para-hydroxylation sites is 1. The van der Waals surface area contributed by atoms with Crippen molar-refractivity contribution >= 4 is 17.5 Å². The summed E-state index contributed by atoms with van der Waals surface area (Å²) in [5.41, 5.74) is 1.62. The van der Waals surface area contributed by atoms with Crippen LogP contribution in [0.1, 0.15) is 45.5 Å². The third-order valence-electron chi connectivity index (χ3n) is 5.67. The Morgan fingerprint density at radius 2 is 1.79 bits per heavy atom. The lowest BCUT2D eigenvalue weighted by Gasteiger charge is -2.26. The zero-order valence-corrected chi connectivity index (χ0v) is 15.9. The zero-order chi connectivity index (χ0) is 19.7. The van der Waals surface area contributed by atoms with Gasteiger partial charge in [0.05, 0.1) is 16.8 Å². The van der Waals surface area contributed by atoms with E-state index in [2.05, 4.69) is 10.6 Å². The van der Waals surface area contributed by atoms with E-state index >= 15 is 0 Å². The number of rotatable bonds is 3. The minimum Gasteiger partial charge on any atom is -0.337 e. The van der Waals surface area contributed by atoms with Gasteiger partial charge in [-0.05, 0) is 49.9 Å². The molecule has 2 saturated heterocycles. The first-order valence-corrected chi connectivity index (χ1v) is 9.74. The van der Waals surface area contributed by atoms with Crippen molar-refractivity contribution in [1.82, 2.24) is 10.2 Å². The molecule has 2 fully saturated rings. The van der Waals surface area contributed by atoms with Crippen molar-refractivity contribution in [2.75, 3.05) is 18.4 Å². The first-order chi connectivity index (χ1) is 13.5. The number of hydrogen-bond donors (Lipinski definition) is 2. The zero-order valence-electron chi connectivity index (χ0n) is 15.9. The smallest absolute Gasteiger partial charge is 0.258 e. The van der Waals surface area contributed by atoms with Crippen molar-refractivity contribution in [2.24, 2.45) is 0 Å². The number of likely N-dealkylation sites (tertiary alicyclic amines) is 1. The second-order valence-electron chi connectivity index (χ2n) is 7.61. The normalized spacial score (nSPS) is 21.3. The maximum atomic E-state index is 14.0. The van der Waals surface area contributed by atoms with Gasteiger partial charge in [0, 0.05) is 25.2 Å². The molecule has 2 bridgehead atoms. The molecule has 2 aromatic rings. The molecule has 2 atom stereocenters. The van der Waals surface area contributed by atoms with Crippen LogP contribution in [0.25, 0.3) is 0 Å². The fourth-order valence-corrected chi connectivity index (χ4v) is 4.14. The average molecular weight is 381 g/mol. The molecule has 0 aliphatic carbocycles. The third-order valence-corrected chi connectivity index (χ3v) is 5.67. The Hall–Kier alpha value is -2.73. The van der Waals surface area contributed by atoms with Crippen LogP contribution in [0.4, 0.5) is 10.1 Å². The lowest BCUT2D eigenvalue weighted by molar-refractivity contribution is 0.0749. The van der Waals surface area contributed by atoms with E-state index in [9.17, 15) is 14.0 Å². The molecule has 2 amide bonds. The Balaban J connectivity index is 1.60. The summed E-state index contributed by atoms with van der Waals surface area (Å²) < 4.78 is 14.0. The molecule has 2 N–H and O–H groups in total. The van der Waals surface area contributed by atoms with E-state index in [0.717, 1.165) is 18.4 Å². The Labute approximate surface area is 163 Å². The molecule has 0 spiro atoms. The number of amides is 2. The highest BCUT2D eigenvalue weighted by Crippen LogP contribution is 2.26. The fourth-order valence-electron chi connectivity index (χ4n) is 4.14. The Bertz CT molecular complexity index is 914. The first-order valence-electron chi connectivity index (χ1n) is 9.74. The SMILES string of the molecule is Cc1cccc(C(=O)N2CCC3CCC(C2)N3)c1NC(=O)c1ccccc1F. The second-order valence-corrected chi connectivity index (χ2v) is 7.61. The topological polar surface area (TPSA) is 61.4 Å². The van der Waals surface area contributed by atoms with Gasteiger partial charge < -0.3 is 15.5 Å². The van der Waals surface area contributed by atoms with Crippen LogP contribution in [0, 0.1) is 12.7 Å². The van der Waals surface area contributed by atoms with Gasteiger partial charge in [-0.2, -0.15) is 0 Å². The van der Waals surface area contributed by atoms with Crippen LogP contribution >= 0.6 is 0 Å². The van der Waals surface area contributed by atoms with Gasteiger partial charge in [0.2, 0.25) is 0 Å². The van der Waals surface area contributed by atoms with Gasteiger partial charge in [-0.25, -0.2) is 4.39 Å². The summed E-state index contributed by atoms with van der Waals surface area (Å²) in [5.74, 6) is -1.24. The molecule has 2 aromatic carbocycles. The molecule has 0 aromatic heterocycles. The largest absolute Gasteiger partial charge is 0.337 e. The number of fused-ring (bicyclic) bond motifs is 2. The number of nitrogens with one attached hydrogen (secondary N) is 2. The molecule has 6 heteroatoms. The molecule has 0 saturated carbocycles. The van der Waals surface area contributed by atoms with Gasteiger partial charge >= 0.3 is 0 Å². The molecule has 2 heterocycles. The summed E-state index contributed by atoms with van der Waals surface area (Å²) in [5, 5.41) is 6.33. The Kier molecular flexibility index (Phi) is 5.13. The standard InChI is InChI=1S/C22H24FN3O2/c1-14-5-4-7-18(20(14)25-21(27)17-6-2-3-8-19(17)23)22(28)26-12-11-15-9-10-16(13-26)24-15/h2-8,15-16,24H,9-13H2,1H3,(H,25,27). The van der Waals surface area contributed by atoms with Crippen LogP contribution in [0.3, 0.4) is 0 Å². The van der Waals surface area contributed by atoms with E-state index < -0.39 is 11.7 Å². The van der Waals surface area contributed by atoms with E-state index in [0.29, 0.717) is 36.4 Å². The predicted octanol–water partition coefficient (Wildman–Crippen LogP) is 3.35. The van der Waals surface area contributed by atoms with Crippen LogP contribution in [0.15, 0.2) is 42.5 Å². The predicted molar refractivity (Wildman–Crippen MR) is 106 cm³/mol. The molecule has 28 heavy (non-hydrogen) atoms. The first kappa shape index (κ1) is 18.6. The molecule has 4 rings (SSSR count). The van der Waals surface area contributed by atoms with Gasteiger partial charge in [0.25, 0.3) is 11.8 Å². The second kappa shape index (κ2) is 7.72. The number of hydrogen-bond acceptors (Lipinski definition) is 3. The summed E-state index contributed by atoms with van der Waals surface area (Å²) in [6.07, 6.45) is 3.19. The third kappa shape index (κ3) is 3.64. The van der Waals surface area contributed by atoms with Crippen LogP contribution in [0.2, 0.25) is 0 Å². The highest BCUT2D eigenvalue weighted by molar-refractivity contribution is 6.09. The number of halogens is 1. The quantitative estimate of drug-likeness (QED) is 0.857. The molecule has 2 aliphatic heterocycles. The molecular formula is C22H24FN3O2. The Morgan fingerprint density at radius 1 is 1.04 bits per heavy atom. The van der Waals surface area contributed by atoms with E-state index in [-0.39, 0.29) is 11.5 Å². The van der Waals surface area contributed by atoms with Crippen molar-refractivity contribution < 1.29 is 14.0 Å². The van der Waals surface area contributed by atoms with Gasteiger partial charge in [0.1, 0.15) is 5.82 Å². The highest BCUT2D eigenvalue weighted by Gasteiger charge is 2.32. The number of benzene rings is 2. The van der Waals surface area contributed by atoms with Crippen LogP contribution in [-0.2, 0) is 0 Å². The highest BCUT2D eigenvalue weighted by atomic mass is 19.1. The van der Waals surface area contributed by atoms with Crippen molar-refractivity contribution in [1.29, 1.82) is 0 Å². The summed E-state index contributed by atoms with van der Waals surface area (Å²) in [7, 11) is 0. The Morgan fingerprint density at radius 3 is 2.61 bits per heavy atom. The lowest BCUT2D eigenvalue weighted by Crippen LogP contribution is -2.39. The maximum Gasteiger partial charge on any atom is 0.258 e. The number of carbonyl (C=O) groups is 2. The van der Waals surface area contributed by atoms with E-state index in [1.165, 1.54) is 24.6 Å². The minimum atomic E-state index is -0.587. The van der Waals surface area contributed by atoms with Gasteiger partial charge in [-0.1, -0.05) is 24.3 Å². The van der Waals surface area contributed by atoms with Crippen LogP contribution < -0.4 is 10.6 Å². The van der Waals surface area contributed by atoms with E-state index in [1.807, 2.05) is 24.0 Å². The van der Waals surface area contributed by atoms with Crippen molar-refractivity contribution in [3.05, 3.63) is 65.0 Å². The van der Waals surface area contributed by atoms with Gasteiger partial charge in [-0.3, -0.25) is 9.59 Å². The van der Waals surface area contributed by atoms with Gasteiger partial charge in [0.15, 0.2) is 0 Å². The molecule has 2 aliphatic rings. The van der Waals surface area contributed by atoms with E-state index in [1.54, 1.807) is 12.1 Å². The summed E-state index contributed by atoms with van der Waals surface area (Å²) in [6, 6.07) is 12.0. The summed E-state index contributed by atoms with van der Waals surface area (Å²) in [4.78, 5) is 27.7. The van der Waals surface area contributed by atoms with E-state index in [4.69, 9.17) is 0 Å². The molecule has 5 nitrogen and oxygen atoms in total. The summed E-state index contributed by atoms with van der Waals surface area (Å²) >= 11 is 0. The monoisotopic (exact) mass is 381 g/mol. The molecule has 0 radical (unpaired) electrons. The molecular weight excluding hydrogens is 357 g/mol. The number of carbonyl (C=O) groups excluding carboxylic acids is 2. The number of aryl methyl sites for hydroxylation is 1. The number of anilines is 1. The maximum absolute atomic E-state index is 14.0.